The van der Waals surface area contributed by atoms with Crippen LogP contribution in [0.5, 0.6) is 0 Å². The number of amides is 3. The van der Waals surface area contributed by atoms with Crippen molar-refractivity contribution in [3.05, 3.63) is 29.3 Å². The number of nitrogens with zero attached hydrogens (tertiary/aromatic N) is 1. The molecule has 9 heteroatoms. The molecule has 1 aromatic carbocycles. The van der Waals surface area contributed by atoms with E-state index in [1.54, 1.807) is 48.0 Å². The van der Waals surface area contributed by atoms with E-state index >= 15 is 0 Å². The van der Waals surface area contributed by atoms with Gasteiger partial charge in [0.2, 0.25) is 17.7 Å². The van der Waals surface area contributed by atoms with Crippen LogP contribution >= 0.6 is 23.4 Å². The van der Waals surface area contributed by atoms with Gasteiger partial charge in [0.1, 0.15) is 6.04 Å². The summed E-state index contributed by atoms with van der Waals surface area (Å²) in [6.07, 6.45) is 1.51. The first kappa shape index (κ1) is 24.4. The third kappa shape index (κ3) is 3.56. The van der Waals surface area contributed by atoms with Crippen molar-refractivity contribution in [1.82, 2.24) is 10.2 Å². The molecule has 3 aliphatic rings. The SMILES string of the molecule is CC[C@H](C)[C@H](CO)N1C(=O)[C@@H]2[C@H](C(=O)NC)[C@@H]3CC(C)C2(S3)C1C(=O)Nc1ccccc1Cl. The molecule has 1 aromatic rings. The van der Waals surface area contributed by atoms with Crippen molar-refractivity contribution in [2.24, 2.45) is 23.7 Å². The first-order valence-corrected chi connectivity index (χ1v) is 12.9. The zero-order chi connectivity index (χ0) is 24.1. The summed E-state index contributed by atoms with van der Waals surface area (Å²) < 4.78 is -0.731. The summed E-state index contributed by atoms with van der Waals surface area (Å²) in [4.78, 5) is 42.4. The van der Waals surface area contributed by atoms with Crippen molar-refractivity contribution in [2.75, 3.05) is 19.0 Å². The molecule has 3 fully saturated rings. The number of rotatable bonds is 7. The number of hydrogen-bond acceptors (Lipinski definition) is 5. The number of halogens is 1. The van der Waals surface area contributed by atoms with Crippen molar-refractivity contribution in [1.29, 1.82) is 0 Å². The van der Waals surface area contributed by atoms with Gasteiger partial charge in [0, 0.05) is 12.3 Å². The fourth-order valence-corrected chi connectivity index (χ4v) is 8.75. The lowest BCUT2D eigenvalue weighted by Crippen LogP contribution is -2.58. The second kappa shape index (κ2) is 9.12. The molecule has 33 heavy (non-hydrogen) atoms. The lowest BCUT2D eigenvalue weighted by atomic mass is 9.66. The number of aliphatic hydroxyl groups is 1. The van der Waals surface area contributed by atoms with Gasteiger partial charge in [-0.1, -0.05) is 50.9 Å². The van der Waals surface area contributed by atoms with Crippen LogP contribution in [0.3, 0.4) is 0 Å². The van der Waals surface area contributed by atoms with Gasteiger partial charge in [0.25, 0.3) is 0 Å². The van der Waals surface area contributed by atoms with Crippen molar-refractivity contribution < 1.29 is 19.5 Å². The number of hydrogen-bond donors (Lipinski definition) is 3. The van der Waals surface area contributed by atoms with Crippen molar-refractivity contribution >= 4 is 46.8 Å². The van der Waals surface area contributed by atoms with E-state index in [1.165, 1.54) is 0 Å². The number of thioether (sulfide) groups is 1. The maximum atomic E-state index is 14.0. The van der Waals surface area contributed by atoms with Gasteiger partial charge >= 0.3 is 0 Å². The Morgan fingerprint density at radius 3 is 2.64 bits per heavy atom. The highest BCUT2D eigenvalue weighted by molar-refractivity contribution is 8.02. The van der Waals surface area contributed by atoms with E-state index in [0.717, 1.165) is 12.8 Å². The normalized spacial score (nSPS) is 34.2. The van der Waals surface area contributed by atoms with Crippen molar-refractivity contribution in [3.8, 4) is 0 Å². The third-order valence-electron chi connectivity index (χ3n) is 7.96. The molecule has 3 heterocycles. The Labute approximate surface area is 204 Å². The minimum absolute atomic E-state index is 0.0113. The Hall–Kier alpha value is -1.77. The first-order valence-electron chi connectivity index (χ1n) is 11.6. The van der Waals surface area contributed by atoms with Gasteiger partial charge in [-0.15, -0.1) is 11.8 Å². The van der Waals surface area contributed by atoms with E-state index in [4.69, 9.17) is 11.6 Å². The second-order valence-electron chi connectivity index (χ2n) is 9.52. The van der Waals surface area contributed by atoms with Crippen molar-refractivity contribution in [2.45, 2.75) is 55.7 Å². The van der Waals surface area contributed by atoms with E-state index in [9.17, 15) is 19.5 Å². The Bertz CT molecular complexity index is 961. The molecule has 1 spiro atoms. The Balaban J connectivity index is 1.82. The topological polar surface area (TPSA) is 98.7 Å². The van der Waals surface area contributed by atoms with Crippen LogP contribution in [0.25, 0.3) is 0 Å². The van der Waals surface area contributed by atoms with E-state index in [0.29, 0.717) is 10.7 Å². The maximum Gasteiger partial charge on any atom is 0.248 e. The summed E-state index contributed by atoms with van der Waals surface area (Å²) in [5, 5.41) is 16.4. The number of anilines is 1. The van der Waals surface area contributed by atoms with Gasteiger partial charge in [0.15, 0.2) is 0 Å². The number of likely N-dealkylation sites (tertiary alicyclic amines) is 1. The minimum atomic E-state index is -0.808. The molecule has 180 valence electrons. The second-order valence-corrected chi connectivity index (χ2v) is 11.5. The largest absolute Gasteiger partial charge is 0.394 e. The zero-order valence-corrected chi connectivity index (χ0v) is 20.9. The Morgan fingerprint density at radius 2 is 2.03 bits per heavy atom. The van der Waals surface area contributed by atoms with E-state index in [2.05, 4.69) is 17.6 Å². The van der Waals surface area contributed by atoms with Gasteiger partial charge in [-0.25, -0.2) is 0 Å². The predicted octanol–water partition coefficient (Wildman–Crippen LogP) is 2.77. The van der Waals surface area contributed by atoms with E-state index < -0.39 is 28.7 Å². The van der Waals surface area contributed by atoms with E-state index in [-0.39, 0.29) is 41.4 Å². The monoisotopic (exact) mass is 493 g/mol. The minimum Gasteiger partial charge on any atom is -0.394 e. The molecular formula is C24H32ClN3O4S. The molecule has 3 amide bonds. The van der Waals surface area contributed by atoms with Crippen LogP contribution in [-0.4, -0.2) is 63.5 Å². The summed E-state index contributed by atoms with van der Waals surface area (Å²) in [6, 6.07) is 5.68. The molecule has 2 bridgehead atoms. The van der Waals surface area contributed by atoms with Gasteiger partial charge in [0.05, 0.1) is 39.9 Å². The van der Waals surface area contributed by atoms with Gasteiger partial charge in [-0.3, -0.25) is 14.4 Å². The van der Waals surface area contributed by atoms with Crippen LogP contribution in [0.2, 0.25) is 5.02 Å². The summed E-state index contributed by atoms with van der Waals surface area (Å²) in [5.41, 5.74) is 0.480. The van der Waals surface area contributed by atoms with Crippen LogP contribution in [0.15, 0.2) is 24.3 Å². The predicted molar refractivity (Wildman–Crippen MR) is 130 cm³/mol. The summed E-state index contributed by atoms with van der Waals surface area (Å²) in [7, 11) is 1.59. The van der Waals surface area contributed by atoms with Gasteiger partial charge in [-0.2, -0.15) is 0 Å². The molecule has 3 unspecified atom stereocenters. The number of aliphatic hydroxyl groups excluding tert-OH is 1. The maximum absolute atomic E-state index is 14.0. The lowest BCUT2D eigenvalue weighted by molar-refractivity contribution is -0.143. The fraction of sp³-hybridized carbons (Fsp3) is 0.625. The van der Waals surface area contributed by atoms with Crippen LogP contribution in [0.4, 0.5) is 5.69 Å². The molecule has 0 aliphatic carbocycles. The molecule has 0 radical (unpaired) electrons. The fourth-order valence-electron chi connectivity index (χ4n) is 6.16. The molecule has 0 aromatic heterocycles. The molecular weight excluding hydrogens is 462 g/mol. The quantitative estimate of drug-likeness (QED) is 0.542. The van der Waals surface area contributed by atoms with Crippen molar-refractivity contribution in [3.63, 3.8) is 0 Å². The van der Waals surface area contributed by atoms with Gasteiger partial charge < -0.3 is 20.6 Å². The van der Waals surface area contributed by atoms with Gasteiger partial charge in [-0.05, 0) is 30.4 Å². The summed E-state index contributed by atoms with van der Waals surface area (Å²) >= 11 is 7.93. The Morgan fingerprint density at radius 1 is 1.33 bits per heavy atom. The summed E-state index contributed by atoms with van der Waals surface area (Å²) in [5.74, 6) is -1.72. The van der Waals surface area contributed by atoms with Crippen LogP contribution in [0.1, 0.15) is 33.6 Å². The molecule has 4 rings (SSSR count). The number of carbonyl (C=O) groups excluding carboxylic acids is 3. The number of carbonyl (C=O) groups is 3. The first-order chi connectivity index (χ1) is 15.7. The highest BCUT2D eigenvalue weighted by atomic mass is 35.5. The smallest absolute Gasteiger partial charge is 0.248 e. The molecule has 8 atom stereocenters. The molecule has 3 aliphatic heterocycles. The van der Waals surface area contributed by atoms with Crippen LogP contribution < -0.4 is 10.6 Å². The highest BCUT2D eigenvalue weighted by Crippen LogP contribution is 2.69. The number of benzene rings is 1. The Kier molecular flexibility index (Phi) is 6.73. The van der Waals surface area contributed by atoms with E-state index in [1.807, 2.05) is 13.8 Å². The standard InChI is InChI=1S/C24H32ClN3O4S/c1-5-12(2)16(11-29)28-20(22(31)27-15-9-7-6-8-14(15)25)24-13(3)10-17(33-24)18(21(30)26-4)19(24)23(28)32/h6-9,12-13,16-20,29H,5,10-11H2,1-4H3,(H,26,30)(H,27,31)/t12-,13?,16-,17-,18+,19-,20?,24?/m0/s1. The average Bonchev–Trinajstić information content (AvgIpc) is 3.39. The third-order valence-corrected chi connectivity index (χ3v) is 10.4. The zero-order valence-electron chi connectivity index (χ0n) is 19.4. The number of fused-ring (bicyclic) bond motifs is 1. The lowest BCUT2D eigenvalue weighted by Gasteiger charge is -2.41. The molecule has 3 N–H and O–H groups in total. The number of nitrogens with one attached hydrogen (secondary N) is 2. The molecule has 7 nitrogen and oxygen atoms in total. The molecule has 0 saturated carbocycles. The van der Waals surface area contributed by atoms with Crippen LogP contribution in [-0.2, 0) is 14.4 Å². The average molecular weight is 494 g/mol. The van der Waals surface area contributed by atoms with Crippen LogP contribution in [0, 0.1) is 23.7 Å². The number of para-hydroxylation sites is 1. The molecule has 3 saturated heterocycles. The highest BCUT2D eigenvalue weighted by Gasteiger charge is 2.76. The summed E-state index contributed by atoms with van der Waals surface area (Å²) in [6.45, 7) is 5.81.